The second-order valence-electron chi connectivity index (χ2n) is 6.30. The molecule has 26 heavy (non-hydrogen) atoms. The van der Waals surface area contributed by atoms with E-state index in [2.05, 4.69) is 31.2 Å². The van der Waals surface area contributed by atoms with E-state index in [1.165, 1.54) is 0 Å². The Balaban J connectivity index is 1.91. The maximum absolute atomic E-state index is 13.1. The van der Waals surface area contributed by atoms with E-state index < -0.39 is 0 Å². The Hall–Kier alpha value is -2.54. The molecule has 0 saturated heterocycles. The lowest BCUT2D eigenvalue weighted by molar-refractivity contribution is 0.0683. The van der Waals surface area contributed by atoms with Gasteiger partial charge in [0, 0.05) is 29.5 Å². The van der Waals surface area contributed by atoms with E-state index in [-0.39, 0.29) is 11.9 Å². The van der Waals surface area contributed by atoms with E-state index in [1.807, 2.05) is 57.2 Å². The lowest BCUT2D eigenvalue weighted by Crippen LogP contribution is -2.37. The van der Waals surface area contributed by atoms with Crippen LogP contribution in [0.3, 0.4) is 0 Å². The third-order valence-electron chi connectivity index (χ3n) is 4.11. The van der Waals surface area contributed by atoms with Gasteiger partial charge in [-0.05, 0) is 50.6 Å². The van der Waals surface area contributed by atoms with Crippen molar-refractivity contribution < 1.29 is 4.79 Å². The minimum Gasteiger partial charge on any atom is -0.330 e. The van der Waals surface area contributed by atoms with Crippen molar-refractivity contribution in [2.45, 2.75) is 33.4 Å². The molecule has 0 aliphatic carbocycles. The molecule has 0 spiro atoms. The topological polar surface area (TPSA) is 63.9 Å². The molecule has 3 rings (SSSR count). The number of aromatic nitrogens is 4. The van der Waals surface area contributed by atoms with Gasteiger partial charge in [-0.2, -0.15) is 0 Å². The van der Waals surface area contributed by atoms with Gasteiger partial charge in [-0.15, -0.1) is 5.10 Å². The first-order chi connectivity index (χ1) is 12.5. The molecule has 1 aromatic carbocycles. The summed E-state index contributed by atoms with van der Waals surface area (Å²) >= 11 is 3.46. The molecule has 0 aliphatic rings. The zero-order chi connectivity index (χ0) is 18.7. The molecule has 2 heterocycles. The highest BCUT2D eigenvalue weighted by Gasteiger charge is 2.25. The van der Waals surface area contributed by atoms with Crippen LogP contribution < -0.4 is 0 Å². The molecule has 2 aromatic heterocycles. The SMILES string of the molecule is Cc1c(C(=O)N(Cc2cccnc2)C(C)C)nnn1-c1cccc(Br)c1. The van der Waals surface area contributed by atoms with Crippen molar-refractivity contribution in [3.05, 3.63) is 70.2 Å². The van der Waals surface area contributed by atoms with Gasteiger partial charge in [0.25, 0.3) is 5.91 Å². The maximum Gasteiger partial charge on any atom is 0.276 e. The summed E-state index contributed by atoms with van der Waals surface area (Å²) in [5.74, 6) is -0.136. The van der Waals surface area contributed by atoms with E-state index in [9.17, 15) is 4.79 Å². The molecule has 0 saturated carbocycles. The number of carbonyl (C=O) groups excluding carboxylic acids is 1. The van der Waals surface area contributed by atoms with Crippen LogP contribution in [0.5, 0.6) is 0 Å². The van der Waals surface area contributed by atoms with E-state index in [1.54, 1.807) is 22.0 Å². The molecular formula is C19H20BrN5O. The number of halogens is 1. The summed E-state index contributed by atoms with van der Waals surface area (Å²) in [6, 6.07) is 11.6. The number of amides is 1. The Morgan fingerprint density at radius 3 is 2.73 bits per heavy atom. The van der Waals surface area contributed by atoms with E-state index in [0.29, 0.717) is 17.9 Å². The third-order valence-corrected chi connectivity index (χ3v) is 4.60. The quantitative estimate of drug-likeness (QED) is 0.638. The Morgan fingerprint density at radius 2 is 2.08 bits per heavy atom. The Bertz CT molecular complexity index is 907. The third kappa shape index (κ3) is 3.83. The monoisotopic (exact) mass is 413 g/mol. The summed E-state index contributed by atoms with van der Waals surface area (Å²) < 4.78 is 2.62. The first-order valence-corrected chi connectivity index (χ1v) is 9.14. The van der Waals surface area contributed by atoms with Crippen molar-refractivity contribution in [2.75, 3.05) is 0 Å². The van der Waals surface area contributed by atoms with E-state index in [4.69, 9.17) is 0 Å². The smallest absolute Gasteiger partial charge is 0.276 e. The lowest BCUT2D eigenvalue weighted by atomic mass is 10.2. The molecule has 0 radical (unpaired) electrons. The first kappa shape index (κ1) is 18.3. The van der Waals surface area contributed by atoms with Gasteiger partial charge >= 0.3 is 0 Å². The maximum atomic E-state index is 13.1. The Kier molecular flexibility index (Phi) is 5.46. The second-order valence-corrected chi connectivity index (χ2v) is 7.22. The van der Waals surface area contributed by atoms with Gasteiger partial charge in [-0.3, -0.25) is 9.78 Å². The van der Waals surface area contributed by atoms with Gasteiger partial charge in [-0.1, -0.05) is 33.3 Å². The molecule has 6 nitrogen and oxygen atoms in total. The van der Waals surface area contributed by atoms with Crippen molar-refractivity contribution in [3.63, 3.8) is 0 Å². The molecule has 0 fully saturated rings. The van der Waals surface area contributed by atoms with Gasteiger partial charge in [0.15, 0.2) is 5.69 Å². The normalized spacial score (nSPS) is 11.0. The predicted octanol–water partition coefficient (Wildman–Crippen LogP) is 3.78. The molecule has 0 unspecified atom stereocenters. The largest absolute Gasteiger partial charge is 0.330 e. The highest BCUT2D eigenvalue weighted by Crippen LogP contribution is 2.19. The highest BCUT2D eigenvalue weighted by molar-refractivity contribution is 9.10. The molecule has 0 N–H and O–H groups in total. The number of pyridine rings is 1. The van der Waals surface area contributed by atoms with Crippen LogP contribution in [-0.4, -0.2) is 36.8 Å². The predicted molar refractivity (Wildman–Crippen MR) is 103 cm³/mol. The number of hydrogen-bond acceptors (Lipinski definition) is 4. The fourth-order valence-electron chi connectivity index (χ4n) is 2.69. The van der Waals surface area contributed by atoms with Crippen LogP contribution in [0.2, 0.25) is 0 Å². The van der Waals surface area contributed by atoms with Crippen molar-refractivity contribution in [1.82, 2.24) is 24.9 Å². The highest BCUT2D eigenvalue weighted by atomic mass is 79.9. The van der Waals surface area contributed by atoms with Crippen LogP contribution >= 0.6 is 15.9 Å². The Labute approximate surface area is 161 Å². The fourth-order valence-corrected chi connectivity index (χ4v) is 3.08. The van der Waals surface area contributed by atoms with Gasteiger partial charge in [0.1, 0.15) is 0 Å². The van der Waals surface area contributed by atoms with Crippen LogP contribution in [0.25, 0.3) is 5.69 Å². The van der Waals surface area contributed by atoms with Crippen LogP contribution in [0, 0.1) is 6.92 Å². The van der Waals surface area contributed by atoms with E-state index in [0.717, 1.165) is 15.7 Å². The molecule has 1 amide bonds. The van der Waals surface area contributed by atoms with Crippen molar-refractivity contribution >= 4 is 21.8 Å². The van der Waals surface area contributed by atoms with Crippen LogP contribution in [0.1, 0.15) is 35.6 Å². The minimum atomic E-state index is -0.136. The summed E-state index contributed by atoms with van der Waals surface area (Å²) in [5, 5.41) is 8.34. The summed E-state index contributed by atoms with van der Waals surface area (Å²) in [6.45, 7) is 6.31. The average molecular weight is 414 g/mol. The van der Waals surface area contributed by atoms with Crippen molar-refractivity contribution in [3.8, 4) is 5.69 Å². The molecule has 3 aromatic rings. The van der Waals surface area contributed by atoms with Gasteiger partial charge in [0.05, 0.1) is 11.4 Å². The van der Waals surface area contributed by atoms with Gasteiger partial charge in [0.2, 0.25) is 0 Å². The molecule has 7 heteroatoms. The zero-order valence-corrected chi connectivity index (χ0v) is 16.5. The molecular weight excluding hydrogens is 394 g/mol. The molecule has 134 valence electrons. The summed E-state index contributed by atoms with van der Waals surface area (Å²) in [7, 11) is 0. The minimum absolute atomic E-state index is 0.0260. The summed E-state index contributed by atoms with van der Waals surface area (Å²) in [4.78, 5) is 19.0. The Morgan fingerprint density at radius 1 is 1.27 bits per heavy atom. The zero-order valence-electron chi connectivity index (χ0n) is 14.9. The van der Waals surface area contributed by atoms with Crippen LogP contribution in [-0.2, 0) is 6.54 Å². The van der Waals surface area contributed by atoms with Crippen LogP contribution in [0.4, 0.5) is 0 Å². The number of nitrogens with zero attached hydrogens (tertiary/aromatic N) is 5. The standard InChI is InChI=1S/C19H20BrN5O/c1-13(2)24(12-15-6-5-9-21-11-15)19(26)18-14(3)25(23-22-18)17-8-4-7-16(20)10-17/h4-11,13H,12H2,1-3H3. The lowest BCUT2D eigenvalue weighted by Gasteiger charge is -2.26. The van der Waals surface area contributed by atoms with Gasteiger partial charge in [-0.25, -0.2) is 4.68 Å². The van der Waals surface area contributed by atoms with Gasteiger partial charge < -0.3 is 4.90 Å². The molecule has 0 bridgehead atoms. The number of rotatable bonds is 5. The number of benzene rings is 1. The molecule has 0 aliphatic heterocycles. The van der Waals surface area contributed by atoms with Crippen LogP contribution in [0.15, 0.2) is 53.3 Å². The summed E-state index contributed by atoms with van der Waals surface area (Å²) in [6.07, 6.45) is 3.49. The number of carbonyl (C=O) groups is 1. The summed E-state index contributed by atoms with van der Waals surface area (Å²) in [5.41, 5.74) is 2.91. The average Bonchev–Trinajstić information content (AvgIpc) is 3.01. The van der Waals surface area contributed by atoms with Crippen molar-refractivity contribution in [1.29, 1.82) is 0 Å². The number of hydrogen-bond donors (Lipinski definition) is 0. The second kappa shape index (κ2) is 7.78. The first-order valence-electron chi connectivity index (χ1n) is 8.35. The van der Waals surface area contributed by atoms with Crippen molar-refractivity contribution in [2.24, 2.45) is 0 Å². The fraction of sp³-hybridized carbons (Fsp3) is 0.263. The molecule has 0 atom stereocenters. The van der Waals surface area contributed by atoms with E-state index >= 15 is 0 Å².